The summed E-state index contributed by atoms with van der Waals surface area (Å²) in [6.07, 6.45) is 1.30. The highest BCUT2D eigenvalue weighted by molar-refractivity contribution is 5.99. The van der Waals surface area contributed by atoms with Gasteiger partial charge in [0.25, 0.3) is 5.56 Å². The SMILES string of the molecule is Cn1c(C#N)c(-c2ccccc2)c2cc(OCC(F)(F)c3ccccn3)ccc2c1=O. The normalized spacial score (nSPS) is 11.3. The van der Waals surface area contributed by atoms with Gasteiger partial charge in [-0.05, 0) is 35.9 Å². The summed E-state index contributed by atoms with van der Waals surface area (Å²) in [5.41, 5.74) is 0.718. The molecule has 0 aliphatic carbocycles. The molecule has 0 saturated heterocycles. The number of rotatable bonds is 5. The smallest absolute Gasteiger partial charge is 0.322 e. The zero-order valence-electron chi connectivity index (χ0n) is 16.5. The number of hydrogen-bond acceptors (Lipinski definition) is 4. The topological polar surface area (TPSA) is 67.9 Å². The number of nitrogens with zero attached hydrogens (tertiary/aromatic N) is 3. The summed E-state index contributed by atoms with van der Waals surface area (Å²) in [4.78, 5) is 16.4. The molecule has 0 fully saturated rings. The summed E-state index contributed by atoms with van der Waals surface area (Å²) in [5.74, 6) is -3.12. The third kappa shape index (κ3) is 3.76. The first-order valence-electron chi connectivity index (χ1n) is 9.47. The Bertz CT molecular complexity index is 1340. The molecule has 2 heterocycles. The first kappa shape index (κ1) is 20.2. The van der Waals surface area contributed by atoms with Crippen molar-refractivity contribution in [3.63, 3.8) is 0 Å². The van der Waals surface area contributed by atoms with Crippen LogP contribution >= 0.6 is 0 Å². The summed E-state index contributed by atoms with van der Waals surface area (Å²) in [5, 5.41) is 10.5. The highest BCUT2D eigenvalue weighted by atomic mass is 19.3. The van der Waals surface area contributed by atoms with E-state index in [1.807, 2.05) is 30.3 Å². The van der Waals surface area contributed by atoms with Crippen LogP contribution in [0.3, 0.4) is 0 Å². The first-order valence-corrected chi connectivity index (χ1v) is 9.47. The van der Waals surface area contributed by atoms with Gasteiger partial charge >= 0.3 is 5.92 Å². The molecule has 0 amide bonds. The minimum atomic E-state index is -3.29. The zero-order chi connectivity index (χ0) is 22.0. The van der Waals surface area contributed by atoms with Crippen LogP contribution in [-0.2, 0) is 13.0 Å². The fraction of sp³-hybridized carbons (Fsp3) is 0.125. The quantitative estimate of drug-likeness (QED) is 0.474. The van der Waals surface area contributed by atoms with Gasteiger partial charge in [0, 0.05) is 29.6 Å². The molecule has 0 N–H and O–H groups in total. The molecule has 0 atom stereocenters. The van der Waals surface area contributed by atoms with Gasteiger partial charge in [-0.3, -0.25) is 9.78 Å². The van der Waals surface area contributed by atoms with Gasteiger partial charge in [0.05, 0.1) is 0 Å². The van der Waals surface area contributed by atoms with Crippen LogP contribution in [-0.4, -0.2) is 16.2 Å². The number of nitriles is 1. The van der Waals surface area contributed by atoms with E-state index in [-0.39, 0.29) is 22.7 Å². The Morgan fingerprint density at radius 2 is 1.81 bits per heavy atom. The van der Waals surface area contributed by atoms with Crippen molar-refractivity contribution in [2.75, 3.05) is 6.61 Å². The zero-order valence-corrected chi connectivity index (χ0v) is 16.5. The number of halogens is 2. The van der Waals surface area contributed by atoms with Crippen molar-refractivity contribution in [3.05, 3.63) is 94.7 Å². The lowest BCUT2D eigenvalue weighted by Gasteiger charge is -2.18. The molecule has 7 heteroatoms. The van der Waals surface area contributed by atoms with Crippen molar-refractivity contribution < 1.29 is 13.5 Å². The maximum Gasteiger partial charge on any atom is 0.322 e. The van der Waals surface area contributed by atoms with Crippen LogP contribution in [0.4, 0.5) is 8.78 Å². The molecule has 0 spiro atoms. The molecule has 0 aliphatic heterocycles. The number of ether oxygens (including phenoxy) is 1. The molecular formula is C24H17F2N3O2. The predicted octanol–water partition coefficient (Wildman–Crippen LogP) is 4.64. The van der Waals surface area contributed by atoms with Gasteiger partial charge in [-0.15, -0.1) is 0 Å². The number of aromatic nitrogens is 2. The van der Waals surface area contributed by atoms with Gasteiger partial charge in [-0.2, -0.15) is 14.0 Å². The second-order valence-corrected chi connectivity index (χ2v) is 6.98. The van der Waals surface area contributed by atoms with Crippen LogP contribution in [0, 0.1) is 11.3 Å². The average molecular weight is 417 g/mol. The molecule has 0 bridgehead atoms. The van der Waals surface area contributed by atoms with E-state index in [9.17, 15) is 18.8 Å². The Labute approximate surface area is 176 Å². The largest absolute Gasteiger partial charge is 0.487 e. The minimum absolute atomic E-state index is 0.164. The summed E-state index contributed by atoms with van der Waals surface area (Å²) in [6.45, 7) is -0.911. The van der Waals surface area contributed by atoms with Crippen LogP contribution in [0.2, 0.25) is 0 Å². The van der Waals surface area contributed by atoms with Crippen molar-refractivity contribution in [2.45, 2.75) is 5.92 Å². The molecule has 4 aromatic rings. The number of benzene rings is 2. The lowest BCUT2D eigenvalue weighted by molar-refractivity contribution is -0.0504. The van der Waals surface area contributed by atoms with Gasteiger partial charge < -0.3 is 9.30 Å². The molecule has 5 nitrogen and oxygen atoms in total. The van der Waals surface area contributed by atoms with Crippen LogP contribution in [0.15, 0.2) is 77.7 Å². The van der Waals surface area contributed by atoms with Crippen molar-refractivity contribution in [2.24, 2.45) is 7.05 Å². The molecule has 0 radical (unpaired) electrons. The van der Waals surface area contributed by atoms with E-state index < -0.39 is 12.5 Å². The number of fused-ring (bicyclic) bond motifs is 1. The van der Waals surface area contributed by atoms with Crippen LogP contribution in [0.1, 0.15) is 11.4 Å². The molecule has 0 unspecified atom stereocenters. The fourth-order valence-electron chi connectivity index (χ4n) is 3.44. The van der Waals surface area contributed by atoms with E-state index in [1.165, 1.54) is 48.1 Å². The van der Waals surface area contributed by atoms with Crippen molar-refractivity contribution in [3.8, 4) is 22.9 Å². The molecule has 4 rings (SSSR count). The highest BCUT2D eigenvalue weighted by Gasteiger charge is 2.34. The minimum Gasteiger partial charge on any atom is -0.487 e. The van der Waals surface area contributed by atoms with Gasteiger partial charge in [0.15, 0.2) is 6.61 Å². The standard InChI is InChI=1S/C24H17F2N3O2/c1-29-20(14-27)22(16-7-3-2-4-8-16)19-13-17(10-11-18(19)23(29)30)31-15-24(25,26)21-9-5-6-12-28-21/h2-13H,15H2,1H3. The van der Waals surface area contributed by atoms with E-state index in [0.717, 1.165) is 5.56 Å². The summed E-state index contributed by atoms with van der Waals surface area (Å²) < 4.78 is 35.6. The lowest BCUT2D eigenvalue weighted by atomic mass is 9.97. The first-order chi connectivity index (χ1) is 14.9. The number of alkyl halides is 2. The van der Waals surface area contributed by atoms with Crippen molar-refractivity contribution in [1.29, 1.82) is 5.26 Å². The molecule has 2 aromatic heterocycles. The Morgan fingerprint density at radius 3 is 2.48 bits per heavy atom. The Kier molecular flexibility index (Phi) is 5.22. The molecule has 2 aromatic carbocycles. The molecule has 31 heavy (non-hydrogen) atoms. The Hall–Kier alpha value is -4.05. The third-order valence-corrected chi connectivity index (χ3v) is 5.00. The maximum absolute atomic E-state index is 14.5. The van der Waals surface area contributed by atoms with Gasteiger partial charge in [-0.1, -0.05) is 36.4 Å². The third-order valence-electron chi connectivity index (χ3n) is 5.00. The van der Waals surface area contributed by atoms with Gasteiger partial charge in [-0.25, -0.2) is 0 Å². The fourth-order valence-corrected chi connectivity index (χ4v) is 3.44. The predicted molar refractivity (Wildman–Crippen MR) is 113 cm³/mol. The van der Waals surface area contributed by atoms with Crippen molar-refractivity contribution >= 4 is 10.8 Å². The second kappa shape index (κ2) is 8.00. The summed E-state index contributed by atoms with van der Waals surface area (Å²) in [7, 11) is 1.53. The van der Waals surface area contributed by atoms with Gasteiger partial charge in [0.1, 0.15) is 23.2 Å². The molecular weight excluding hydrogens is 400 g/mol. The van der Waals surface area contributed by atoms with Crippen molar-refractivity contribution in [1.82, 2.24) is 9.55 Å². The number of hydrogen-bond donors (Lipinski definition) is 0. The summed E-state index contributed by atoms with van der Waals surface area (Å²) in [6, 6.07) is 20.0. The monoisotopic (exact) mass is 417 g/mol. The average Bonchev–Trinajstić information content (AvgIpc) is 2.81. The van der Waals surface area contributed by atoms with E-state index in [4.69, 9.17) is 4.74 Å². The second-order valence-electron chi connectivity index (χ2n) is 6.98. The van der Waals surface area contributed by atoms with Gasteiger partial charge in [0.2, 0.25) is 0 Å². The lowest BCUT2D eigenvalue weighted by Crippen LogP contribution is -2.24. The van der Waals surface area contributed by atoms with Crippen LogP contribution in [0.5, 0.6) is 5.75 Å². The highest BCUT2D eigenvalue weighted by Crippen LogP contribution is 2.33. The summed E-state index contributed by atoms with van der Waals surface area (Å²) >= 11 is 0. The van der Waals surface area contributed by atoms with Crippen LogP contribution in [0.25, 0.3) is 21.9 Å². The van der Waals surface area contributed by atoms with E-state index >= 15 is 0 Å². The molecule has 154 valence electrons. The maximum atomic E-state index is 14.5. The number of pyridine rings is 2. The Balaban J connectivity index is 1.81. The van der Waals surface area contributed by atoms with E-state index in [2.05, 4.69) is 11.1 Å². The molecule has 0 aliphatic rings. The van der Waals surface area contributed by atoms with E-state index in [0.29, 0.717) is 16.3 Å². The molecule has 0 saturated carbocycles. The Morgan fingerprint density at radius 1 is 1.06 bits per heavy atom. The van der Waals surface area contributed by atoms with Crippen LogP contribution < -0.4 is 10.3 Å². The van der Waals surface area contributed by atoms with E-state index in [1.54, 1.807) is 6.07 Å².